The quantitative estimate of drug-likeness (QED) is 0.868. The zero-order valence-corrected chi connectivity index (χ0v) is 9.64. The molecule has 1 N–H and O–H groups in total. The first-order chi connectivity index (χ1) is 7.56. The number of nitrogens with zero attached hydrogens (tertiary/aromatic N) is 1. The number of carbonyl (C=O) groups excluding carboxylic acids is 1. The van der Waals surface area contributed by atoms with Gasteiger partial charge in [-0.2, -0.15) is 5.26 Å². The number of nitriles is 1. The van der Waals surface area contributed by atoms with Crippen LogP contribution in [0.4, 0.5) is 8.78 Å². The molecule has 0 saturated carbocycles. The highest BCUT2D eigenvalue weighted by Crippen LogP contribution is 2.19. The number of nitrogens with one attached hydrogen (secondary N) is 1. The van der Waals surface area contributed by atoms with Gasteiger partial charge in [0.05, 0.1) is 12.5 Å². The minimum absolute atomic E-state index is 0.0598. The highest BCUT2D eigenvalue weighted by molar-refractivity contribution is 9.10. The van der Waals surface area contributed by atoms with Crippen molar-refractivity contribution < 1.29 is 13.6 Å². The van der Waals surface area contributed by atoms with Crippen LogP contribution >= 0.6 is 15.9 Å². The summed E-state index contributed by atoms with van der Waals surface area (Å²) in [5.74, 6) is -2.75. The van der Waals surface area contributed by atoms with E-state index in [0.717, 1.165) is 12.1 Å². The van der Waals surface area contributed by atoms with Crippen molar-refractivity contribution in [2.24, 2.45) is 0 Å². The van der Waals surface area contributed by atoms with Gasteiger partial charge in [-0.05, 0) is 12.1 Å². The van der Waals surface area contributed by atoms with E-state index in [1.54, 1.807) is 6.07 Å². The zero-order chi connectivity index (χ0) is 12.1. The van der Waals surface area contributed by atoms with Gasteiger partial charge in [0.1, 0.15) is 17.2 Å². The number of carbonyl (C=O) groups is 1. The SMILES string of the molecule is N#CCCNC(=O)c1c(F)cc(Br)cc1F. The maximum Gasteiger partial charge on any atom is 0.257 e. The summed E-state index contributed by atoms with van der Waals surface area (Å²) in [6.07, 6.45) is 0.0888. The van der Waals surface area contributed by atoms with E-state index in [1.807, 2.05) is 0 Å². The Morgan fingerprint density at radius 1 is 1.44 bits per heavy atom. The number of rotatable bonds is 3. The third-order valence-corrected chi connectivity index (χ3v) is 2.21. The molecule has 0 unspecified atom stereocenters. The summed E-state index contributed by atoms with van der Waals surface area (Å²) < 4.78 is 26.8. The van der Waals surface area contributed by atoms with Crippen molar-refractivity contribution in [2.75, 3.05) is 6.54 Å². The van der Waals surface area contributed by atoms with Gasteiger partial charge in [-0.15, -0.1) is 0 Å². The predicted molar refractivity (Wildman–Crippen MR) is 56.6 cm³/mol. The van der Waals surface area contributed by atoms with Crippen LogP contribution in [-0.2, 0) is 0 Å². The maximum absolute atomic E-state index is 13.3. The number of hydrogen-bond donors (Lipinski definition) is 1. The van der Waals surface area contributed by atoms with Crippen molar-refractivity contribution >= 4 is 21.8 Å². The van der Waals surface area contributed by atoms with Crippen LogP contribution < -0.4 is 5.32 Å². The van der Waals surface area contributed by atoms with E-state index in [2.05, 4.69) is 21.2 Å². The molecule has 1 rings (SSSR count). The standard InChI is InChI=1S/C10H7BrF2N2O/c11-6-4-7(12)9(8(13)5-6)10(16)15-3-1-2-14/h4-5H,1,3H2,(H,15,16). The van der Waals surface area contributed by atoms with E-state index >= 15 is 0 Å². The lowest BCUT2D eigenvalue weighted by molar-refractivity contribution is 0.0946. The number of hydrogen-bond acceptors (Lipinski definition) is 2. The highest BCUT2D eigenvalue weighted by atomic mass is 79.9. The molecule has 0 spiro atoms. The van der Waals surface area contributed by atoms with Crippen LogP contribution in [0, 0.1) is 23.0 Å². The molecule has 0 aliphatic carbocycles. The molecule has 1 aromatic rings. The Labute approximate surface area is 99.2 Å². The molecule has 0 bridgehead atoms. The second-order valence-electron chi connectivity index (χ2n) is 2.91. The molecule has 1 amide bonds. The number of halogens is 3. The monoisotopic (exact) mass is 288 g/mol. The van der Waals surface area contributed by atoms with Crippen molar-refractivity contribution in [3.8, 4) is 6.07 Å². The average Bonchev–Trinajstić information content (AvgIpc) is 2.16. The Hall–Kier alpha value is -1.48. The normalized spacial score (nSPS) is 9.62. The Balaban J connectivity index is 2.88. The van der Waals surface area contributed by atoms with Crippen LogP contribution in [0.2, 0.25) is 0 Å². The van der Waals surface area contributed by atoms with E-state index in [-0.39, 0.29) is 17.4 Å². The van der Waals surface area contributed by atoms with Crippen LogP contribution in [0.5, 0.6) is 0 Å². The maximum atomic E-state index is 13.3. The molecular formula is C10H7BrF2N2O. The van der Waals surface area contributed by atoms with Gasteiger partial charge in [-0.25, -0.2) is 8.78 Å². The van der Waals surface area contributed by atoms with Crippen molar-refractivity contribution in [2.45, 2.75) is 6.42 Å². The van der Waals surface area contributed by atoms with Gasteiger partial charge in [0.15, 0.2) is 0 Å². The Kier molecular flexibility index (Phi) is 4.38. The average molecular weight is 289 g/mol. The molecule has 0 aliphatic heterocycles. The van der Waals surface area contributed by atoms with Crippen molar-refractivity contribution in [3.63, 3.8) is 0 Å². The Morgan fingerprint density at radius 3 is 2.50 bits per heavy atom. The smallest absolute Gasteiger partial charge is 0.257 e. The first-order valence-electron chi connectivity index (χ1n) is 4.36. The zero-order valence-electron chi connectivity index (χ0n) is 8.06. The molecular weight excluding hydrogens is 282 g/mol. The lowest BCUT2D eigenvalue weighted by atomic mass is 10.2. The van der Waals surface area contributed by atoms with Gasteiger partial charge in [0, 0.05) is 11.0 Å². The predicted octanol–water partition coefficient (Wildman–Crippen LogP) is 2.37. The summed E-state index contributed by atoms with van der Waals surface area (Å²) >= 11 is 2.91. The molecule has 0 fully saturated rings. The van der Waals surface area contributed by atoms with Crippen molar-refractivity contribution in [1.29, 1.82) is 5.26 Å². The molecule has 16 heavy (non-hydrogen) atoms. The molecule has 6 heteroatoms. The first-order valence-corrected chi connectivity index (χ1v) is 5.15. The molecule has 84 valence electrons. The van der Waals surface area contributed by atoms with Gasteiger partial charge in [-0.1, -0.05) is 15.9 Å². The topological polar surface area (TPSA) is 52.9 Å². The van der Waals surface area contributed by atoms with Crippen LogP contribution in [0.1, 0.15) is 16.8 Å². The minimum Gasteiger partial charge on any atom is -0.351 e. The van der Waals surface area contributed by atoms with Crippen LogP contribution in [0.15, 0.2) is 16.6 Å². The fraction of sp³-hybridized carbons (Fsp3) is 0.200. The number of amides is 1. The molecule has 0 atom stereocenters. The molecule has 0 heterocycles. The summed E-state index contributed by atoms with van der Waals surface area (Å²) in [5, 5.41) is 10.5. The molecule has 0 radical (unpaired) electrons. The molecule has 0 aromatic heterocycles. The van der Waals surface area contributed by atoms with E-state index in [1.165, 1.54) is 0 Å². The molecule has 1 aromatic carbocycles. The molecule has 0 aliphatic rings. The van der Waals surface area contributed by atoms with Gasteiger partial charge in [0.2, 0.25) is 0 Å². The van der Waals surface area contributed by atoms with Crippen LogP contribution in [-0.4, -0.2) is 12.5 Å². The van der Waals surface area contributed by atoms with Gasteiger partial charge in [-0.3, -0.25) is 4.79 Å². The first kappa shape index (κ1) is 12.6. The summed E-state index contributed by atoms with van der Waals surface area (Å²) in [7, 11) is 0. The molecule has 0 saturated heterocycles. The Bertz CT molecular complexity index is 434. The van der Waals surface area contributed by atoms with Crippen molar-refractivity contribution in [1.82, 2.24) is 5.32 Å². The minimum atomic E-state index is -0.943. The summed E-state index contributed by atoms with van der Waals surface area (Å²) in [6.45, 7) is 0.0598. The third kappa shape index (κ3) is 3.00. The van der Waals surface area contributed by atoms with Gasteiger partial charge in [0.25, 0.3) is 5.91 Å². The largest absolute Gasteiger partial charge is 0.351 e. The third-order valence-electron chi connectivity index (χ3n) is 1.76. The van der Waals surface area contributed by atoms with E-state index in [0.29, 0.717) is 0 Å². The summed E-state index contributed by atoms with van der Waals surface area (Å²) in [4.78, 5) is 11.4. The van der Waals surface area contributed by atoms with E-state index < -0.39 is 23.1 Å². The lowest BCUT2D eigenvalue weighted by Gasteiger charge is -2.05. The van der Waals surface area contributed by atoms with E-state index in [4.69, 9.17) is 5.26 Å². The van der Waals surface area contributed by atoms with Gasteiger partial charge >= 0.3 is 0 Å². The van der Waals surface area contributed by atoms with Crippen LogP contribution in [0.25, 0.3) is 0 Å². The Morgan fingerprint density at radius 2 is 2.00 bits per heavy atom. The highest BCUT2D eigenvalue weighted by Gasteiger charge is 2.17. The summed E-state index contributed by atoms with van der Waals surface area (Å²) in [6, 6.07) is 3.81. The van der Waals surface area contributed by atoms with E-state index in [9.17, 15) is 13.6 Å². The fourth-order valence-corrected chi connectivity index (χ4v) is 1.48. The van der Waals surface area contributed by atoms with Gasteiger partial charge < -0.3 is 5.32 Å². The van der Waals surface area contributed by atoms with Crippen LogP contribution in [0.3, 0.4) is 0 Å². The number of benzene rings is 1. The fourth-order valence-electron chi connectivity index (χ4n) is 1.08. The summed E-state index contributed by atoms with van der Waals surface area (Å²) in [5.41, 5.74) is -0.638. The second-order valence-corrected chi connectivity index (χ2v) is 3.82. The molecule has 3 nitrogen and oxygen atoms in total. The van der Waals surface area contributed by atoms with Crippen molar-refractivity contribution in [3.05, 3.63) is 33.8 Å². The lowest BCUT2D eigenvalue weighted by Crippen LogP contribution is -2.26. The second kappa shape index (κ2) is 5.56.